The number of hydrogen-bond donors (Lipinski definition) is 2. The Morgan fingerprint density at radius 1 is 1.35 bits per heavy atom. The van der Waals surface area contributed by atoms with Crippen LogP contribution in [0, 0.1) is 5.41 Å². The molecule has 0 aliphatic heterocycles. The van der Waals surface area contributed by atoms with Gasteiger partial charge in [0.15, 0.2) is 0 Å². The molecule has 0 spiro atoms. The van der Waals surface area contributed by atoms with E-state index in [1.54, 1.807) is 23.9 Å². The number of ether oxygens (including phenoxy) is 1. The molecule has 0 atom stereocenters. The zero-order valence-corrected chi connectivity index (χ0v) is 15.1. The van der Waals surface area contributed by atoms with Crippen molar-refractivity contribution >= 4 is 17.7 Å². The minimum Gasteiger partial charge on any atom is -0.492 e. The number of nitrogens with one attached hydrogen (secondary N) is 2. The number of allylic oxidation sites excluding steroid dienone is 2. The van der Waals surface area contributed by atoms with Gasteiger partial charge in [-0.25, -0.2) is 0 Å². The Morgan fingerprint density at radius 2 is 2.12 bits per heavy atom. The lowest BCUT2D eigenvalue weighted by Gasteiger charge is -2.05. The maximum absolute atomic E-state index is 12.0. The van der Waals surface area contributed by atoms with Crippen molar-refractivity contribution in [1.29, 1.82) is 5.41 Å². The lowest BCUT2D eigenvalue weighted by atomic mass is 10.2. The van der Waals surface area contributed by atoms with Crippen molar-refractivity contribution in [3.05, 3.63) is 66.1 Å². The Labute approximate surface area is 153 Å². The summed E-state index contributed by atoms with van der Waals surface area (Å²) in [6.07, 6.45) is 9.25. The lowest BCUT2D eigenvalue weighted by Crippen LogP contribution is -2.24. The van der Waals surface area contributed by atoms with Crippen LogP contribution in [0.3, 0.4) is 0 Å². The molecular formula is C20H24N4O2. The summed E-state index contributed by atoms with van der Waals surface area (Å²) < 4.78 is 7.41. The summed E-state index contributed by atoms with van der Waals surface area (Å²) >= 11 is 0. The van der Waals surface area contributed by atoms with Crippen LogP contribution in [0.1, 0.15) is 25.8 Å². The Morgan fingerprint density at radius 3 is 2.81 bits per heavy atom. The second-order valence-electron chi connectivity index (χ2n) is 5.67. The molecule has 1 heterocycles. The maximum atomic E-state index is 12.0. The number of amides is 1. The van der Waals surface area contributed by atoms with E-state index in [1.807, 2.05) is 49.5 Å². The highest BCUT2D eigenvalue weighted by Gasteiger charge is 2.03. The van der Waals surface area contributed by atoms with Crippen LogP contribution in [-0.4, -0.2) is 28.0 Å². The molecule has 0 aliphatic rings. The Balaban J connectivity index is 1.83. The molecule has 0 fully saturated rings. The molecule has 0 unspecified atom stereocenters. The van der Waals surface area contributed by atoms with E-state index >= 15 is 0 Å². The van der Waals surface area contributed by atoms with Crippen molar-refractivity contribution in [2.45, 2.75) is 26.8 Å². The fourth-order valence-corrected chi connectivity index (χ4v) is 2.21. The molecule has 2 rings (SSSR count). The second kappa shape index (κ2) is 9.98. The quantitative estimate of drug-likeness (QED) is 0.536. The number of para-hydroxylation sites is 1. The van der Waals surface area contributed by atoms with Crippen LogP contribution in [-0.2, 0) is 11.3 Å². The van der Waals surface area contributed by atoms with Crippen LogP contribution in [0.25, 0.3) is 6.08 Å². The van der Waals surface area contributed by atoms with Gasteiger partial charge in [0.25, 0.3) is 0 Å². The van der Waals surface area contributed by atoms with E-state index in [0.29, 0.717) is 24.6 Å². The number of carbonyl (C=O) groups is 1. The first-order valence-electron chi connectivity index (χ1n) is 8.53. The topological polar surface area (TPSA) is 80.0 Å². The van der Waals surface area contributed by atoms with Crippen molar-refractivity contribution in [2.75, 3.05) is 6.61 Å². The highest BCUT2D eigenvalue weighted by molar-refractivity contribution is 6.02. The van der Waals surface area contributed by atoms with Crippen LogP contribution < -0.4 is 10.1 Å². The predicted octanol–water partition coefficient (Wildman–Crippen LogP) is 3.43. The molecule has 2 aromatic rings. The van der Waals surface area contributed by atoms with E-state index in [2.05, 4.69) is 10.4 Å². The van der Waals surface area contributed by atoms with Gasteiger partial charge in [0.05, 0.1) is 24.2 Å². The molecule has 1 aromatic heterocycles. The number of benzene rings is 1. The van der Waals surface area contributed by atoms with E-state index in [0.717, 1.165) is 17.7 Å². The SMILES string of the molecule is CC/C=C(/NC(=O)/C=C/c1cnn(CCOc2ccccc2)c1)C(C)=N. The first-order chi connectivity index (χ1) is 12.6. The third-order valence-electron chi connectivity index (χ3n) is 3.48. The molecule has 1 aromatic carbocycles. The number of aromatic nitrogens is 2. The fourth-order valence-electron chi connectivity index (χ4n) is 2.21. The summed E-state index contributed by atoms with van der Waals surface area (Å²) in [7, 11) is 0. The maximum Gasteiger partial charge on any atom is 0.248 e. The van der Waals surface area contributed by atoms with Crippen molar-refractivity contribution in [1.82, 2.24) is 15.1 Å². The van der Waals surface area contributed by atoms with E-state index in [-0.39, 0.29) is 5.91 Å². The summed E-state index contributed by atoms with van der Waals surface area (Å²) in [5, 5.41) is 14.6. The molecule has 6 nitrogen and oxygen atoms in total. The molecule has 0 aliphatic carbocycles. The number of hydrogen-bond acceptors (Lipinski definition) is 4. The van der Waals surface area contributed by atoms with E-state index < -0.39 is 0 Å². The van der Waals surface area contributed by atoms with Crippen molar-refractivity contribution in [3.8, 4) is 5.75 Å². The normalized spacial score (nSPS) is 11.5. The highest BCUT2D eigenvalue weighted by Crippen LogP contribution is 2.08. The van der Waals surface area contributed by atoms with E-state index in [4.69, 9.17) is 10.1 Å². The van der Waals surface area contributed by atoms with Gasteiger partial charge in [-0.2, -0.15) is 5.10 Å². The van der Waals surface area contributed by atoms with Crippen LogP contribution >= 0.6 is 0 Å². The number of carbonyl (C=O) groups excluding carboxylic acids is 1. The summed E-state index contributed by atoms with van der Waals surface area (Å²) in [6, 6.07) is 9.62. The van der Waals surface area contributed by atoms with Crippen molar-refractivity contribution < 1.29 is 9.53 Å². The van der Waals surface area contributed by atoms with Gasteiger partial charge in [0.2, 0.25) is 5.91 Å². The van der Waals surface area contributed by atoms with Crippen LogP contribution in [0.4, 0.5) is 0 Å². The minimum absolute atomic E-state index is 0.267. The zero-order valence-electron chi connectivity index (χ0n) is 15.1. The lowest BCUT2D eigenvalue weighted by molar-refractivity contribution is -0.115. The van der Waals surface area contributed by atoms with Gasteiger partial charge in [-0.05, 0) is 31.6 Å². The van der Waals surface area contributed by atoms with Gasteiger partial charge in [-0.3, -0.25) is 9.48 Å². The van der Waals surface area contributed by atoms with Gasteiger partial charge in [-0.1, -0.05) is 31.2 Å². The van der Waals surface area contributed by atoms with E-state index in [1.165, 1.54) is 6.08 Å². The Hall–Kier alpha value is -3.15. The summed E-state index contributed by atoms with van der Waals surface area (Å²) in [5.41, 5.74) is 1.70. The summed E-state index contributed by atoms with van der Waals surface area (Å²) in [6.45, 7) is 4.73. The molecule has 26 heavy (non-hydrogen) atoms. The van der Waals surface area contributed by atoms with Gasteiger partial charge in [-0.15, -0.1) is 0 Å². The molecule has 6 heteroatoms. The van der Waals surface area contributed by atoms with Gasteiger partial charge in [0.1, 0.15) is 12.4 Å². The molecule has 0 saturated carbocycles. The largest absolute Gasteiger partial charge is 0.492 e. The third kappa shape index (κ3) is 6.39. The Kier molecular flexibility index (Phi) is 7.36. The smallest absolute Gasteiger partial charge is 0.248 e. The average molecular weight is 352 g/mol. The Bertz CT molecular complexity index is 791. The first-order valence-corrected chi connectivity index (χ1v) is 8.53. The highest BCUT2D eigenvalue weighted by atomic mass is 16.5. The second-order valence-corrected chi connectivity index (χ2v) is 5.67. The molecule has 0 radical (unpaired) electrons. The van der Waals surface area contributed by atoms with Crippen LogP contribution in [0.5, 0.6) is 5.75 Å². The van der Waals surface area contributed by atoms with E-state index in [9.17, 15) is 4.79 Å². The van der Waals surface area contributed by atoms with Crippen LogP contribution in [0.15, 0.2) is 60.6 Å². The molecule has 2 N–H and O–H groups in total. The fraction of sp³-hybridized carbons (Fsp3) is 0.250. The third-order valence-corrected chi connectivity index (χ3v) is 3.48. The molecule has 0 saturated heterocycles. The van der Waals surface area contributed by atoms with Gasteiger partial charge >= 0.3 is 0 Å². The summed E-state index contributed by atoms with van der Waals surface area (Å²) in [5.74, 6) is 0.560. The number of nitrogens with zero attached hydrogens (tertiary/aromatic N) is 2. The standard InChI is InChI=1S/C20H24N4O2/c1-3-7-19(16(2)21)23-20(25)11-10-17-14-22-24(15-17)12-13-26-18-8-5-4-6-9-18/h4-11,14-15,21H,3,12-13H2,1-2H3,(H,23,25)/b11-10+,19-7+,21-16?. The molecule has 1 amide bonds. The first kappa shape index (κ1) is 19.2. The van der Waals surface area contributed by atoms with Crippen LogP contribution in [0.2, 0.25) is 0 Å². The molecule has 0 bridgehead atoms. The number of rotatable bonds is 9. The minimum atomic E-state index is -0.267. The molecule has 136 valence electrons. The van der Waals surface area contributed by atoms with Crippen molar-refractivity contribution in [3.63, 3.8) is 0 Å². The predicted molar refractivity (Wildman–Crippen MR) is 103 cm³/mol. The van der Waals surface area contributed by atoms with Gasteiger partial charge < -0.3 is 15.5 Å². The zero-order chi connectivity index (χ0) is 18.8. The van der Waals surface area contributed by atoms with Crippen molar-refractivity contribution in [2.24, 2.45) is 0 Å². The van der Waals surface area contributed by atoms with Gasteiger partial charge in [0, 0.05) is 17.8 Å². The average Bonchev–Trinajstić information content (AvgIpc) is 3.08. The summed E-state index contributed by atoms with van der Waals surface area (Å²) in [4.78, 5) is 12.0. The monoisotopic (exact) mass is 352 g/mol. The molecular weight excluding hydrogens is 328 g/mol.